The van der Waals surface area contributed by atoms with Gasteiger partial charge in [0.1, 0.15) is 5.54 Å². The lowest BCUT2D eigenvalue weighted by atomic mass is 9.60. The topological polar surface area (TPSA) is 103 Å². The van der Waals surface area contributed by atoms with Crippen LogP contribution in [0.1, 0.15) is 28.1 Å². The summed E-state index contributed by atoms with van der Waals surface area (Å²) in [6.07, 6.45) is 1.75. The molecule has 1 saturated heterocycles. The van der Waals surface area contributed by atoms with Crippen molar-refractivity contribution >= 4 is 17.4 Å². The number of nitrogens with zero attached hydrogens (tertiary/aromatic N) is 1. The molecule has 2 aliphatic rings. The number of nitrogens with one attached hydrogen (secondary N) is 1. The highest BCUT2D eigenvalue weighted by Crippen LogP contribution is 2.59. The van der Waals surface area contributed by atoms with Crippen molar-refractivity contribution in [1.82, 2.24) is 4.90 Å². The number of ketones is 1. The second-order valence-corrected chi connectivity index (χ2v) is 7.80. The molecule has 7 nitrogen and oxygen atoms in total. The number of furan rings is 1. The van der Waals surface area contributed by atoms with Crippen LogP contribution < -0.4 is 5.32 Å². The number of likely N-dealkylation sites (tertiary alicyclic amines) is 1. The minimum atomic E-state index is -1.37. The lowest BCUT2D eigenvalue weighted by Crippen LogP contribution is -2.60. The molecule has 1 aromatic heterocycles. The fraction of sp³-hybridized carbons (Fsp3) is 0.217. The van der Waals surface area contributed by atoms with E-state index >= 15 is 0 Å². The van der Waals surface area contributed by atoms with Crippen LogP contribution in [0.5, 0.6) is 11.5 Å². The Morgan fingerprint density at radius 1 is 1.10 bits per heavy atom. The van der Waals surface area contributed by atoms with E-state index in [1.807, 2.05) is 36.2 Å². The van der Waals surface area contributed by atoms with Gasteiger partial charge in [0.25, 0.3) is 5.91 Å². The molecule has 30 heavy (non-hydrogen) atoms. The average molecular weight is 404 g/mol. The van der Waals surface area contributed by atoms with Crippen LogP contribution in [0, 0.1) is 0 Å². The molecule has 152 valence electrons. The standard InChI is InChI=1S/C23H20N2O5/c1-25-11-10-22(20(28)19-7-4-12-30-19,14-8-9-17(26)18(27)13-14)23(25)15-5-2-3-6-16(15)24-21(23)29/h2-9,12-13,26-27H,10-11H2,1H3,(H,24,29). The van der Waals surface area contributed by atoms with Gasteiger partial charge in [-0.15, -0.1) is 0 Å². The number of rotatable bonds is 3. The van der Waals surface area contributed by atoms with E-state index in [0.717, 1.165) is 0 Å². The Hall–Kier alpha value is -3.58. The minimum absolute atomic E-state index is 0.134. The molecule has 0 aliphatic carbocycles. The first-order valence-electron chi connectivity index (χ1n) is 9.66. The van der Waals surface area contributed by atoms with E-state index in [4.69, 9.17) is 4.42 Å². The predicted molar refractivity (Wildman–Crippen MR) is 108 cm³/mol. The maximum atomic E-state index is 14.0. The van der Waals surface area contributed by atoms with Crippen LogP contribution in [-0.4, -0.2) is 40.4 Å². The Morgan fingerprint density at radius 2 is 1.90 bits per heavy atom. The zero-order valence-electron chi connectivity index (χ0n) is 16.3. The number of phenols is 2. The van der Waals surface area contributed by atoms with E-state index in [1.165, 1.54) is 18.4 Å². The number of amides is 1. The van der Waals surface area contributed by atoms with E-state index in [2.05, 4.69) is 5.32 Å². The Balaban J connectivity index is 1.88. The highest BCUT2D eigenvalue weighted by atomic mass is 16.3. The number of anilines is 1. The van der Waals surface area contributed by atoms with Crippen molar-refractivity contribution in [2.24, 2.45) is 0 Å². The van der Waals surface area contributed by atoms with Crippen molar-refractivity contribution < 1.29 is 24.2 Å². The van der Waals surface area contributed by atoms with Crippen LogP contribution in [-0.2, 0) is 15.7 Å². The van der Waals surface area contributed by atoms with Crippen LogP contribution in [0.15, 0.2) is 65.3 Å². The van der Waals surface area contributed by atoms with Crippen LogP contribution in [0.25, 0.3) is 0 Å². The second kappa shape index (κ2) is 6.21. The third kappa shape index (κ3) is 2.07. The number of likely N-dealkylation sites (N-methyl/N-ethyl adjacent to an activating group) is 1. The molecule has 7 heteroatoms. The van der Waals surface area contributed by atoms with E-state index in [9.17, 15) is 19.8 Å². The van der Waals surface area contributed by atoms with Gasteiger partial charge in [-0.2, -0.15) is 0 Å². The summed E-state index contributed by atoms with van der Waals surface area (Å²) in [7, 11) is 1.82. The van der Waals surface area contributed by atoms with Gasteiger partial charge in [0, 0.05) is 17.8 Å². The third-order valence-electron chi connectivity index (χ3n) is 6.51. The van der Waals surface area contributed by atoms with Gasteiger partial charge in [-0.3, -0.25) is 14.5 Å². The number of carbonyl (C=O) groups is 2. The monoisotopic (exact) mass is 404 g/mol. The van der Waals surface area contributed by atoms with Crippen LogP contribution in [0.2, 0.25) is 0 Å². The molecule has 1 spiro atoms. The van der Waals surface area contributed by atoms with Crippen molar-refractivity contribution in [2.45, 2.75) is 17.4 Å². The van der Waals surface area contributed by atoms with Crippen molar-refractivity contribution in [1.29, 1.82) is 0 Å². The molecular weight excluding hydrogens is 384 g/mol. The molecule has 0 saturated carbocycles. The molecule has 5 rings (SSSR count). The molecule has 0 bridgehead atoms. The Morgan fingerprint density at radius 3 is 2.63 bits per heavy atom. The summed E-state index contributed by atoms with van der Waals surface area (Å²) in [4.78, 5) is 29.6. The number of fused-ring (bicyclic) bond motifs is 2. The average Bonchev–Trinajstić information content (AvgIpc) is 3.44. The van der Waals surface area contributed by atoms with Crippen LogP contribution in [0.3, 0.4) is 0 Å². The van der Waals surface area contributed by atoms with Gasteiger partial charge in [-0.05, 0) is 49.4 Å². The first kappa shape index (κ1) is 18.4. The molecule has 2 unspecified atom stereocenters. The molecule has 3 aromatic rings. The smallest absolute Gasteiger partial charge is 0.251 e. The molecule has 2 aromatic carbocycles. The predicted octanol–water partition coefficient (Wildman–Crippen LogP) is 2.99. The SMILES string of the molecule is CN1CCC(C(=O)c2ccco2)(c2ccc(O)c(O)c2)C12C(=O)Nc1ccccc12. The van der Waals surface area contributed by atoms with Gasteiger partial charge in [0.15, 0.2) is 17.3 Å². The van der Waals surface area contributed by atoms with Crippen LogP contribution >= 0.6 is 0 Å². The molecule has 3 heterocycles. The number of Topliss-reactive ketones (excluding diaryl/α,β-unsaturated/α-hetero) is 1. The second-order valence-electron chi connectivity index (χ2n) is 7.80. The number of para-hydroxylation sites is 1. The van der Waals surface area contributed by atoms with Crippen LogP contribution in [0.4, 0.5) is 5.69 Å². The lowest BCUT2D eigenvalue weighted by molar-refractivity contribution is -0.127. The molecular formula is C23H20N2O5. The molecule has 1 fully saturated rings. The van der Waals surface area contributed by atoms with Crippen molar-refractivity contribution in [3.05, 3.63) is 77.7 Å². The highest BCUT2D eigenvalue weighted by molar-refractivity contribution is 6.15. The van der Waals surface area contributed by atoms with E-state index < -0.39 is 11.0 Å². The van der Waals surface area contributed by atoms with Gasteiger partial charge in [0.05, 0.1) is 11.7 Å². The fourth-order valence-corrected chi connectivity index (χ4v) is 5.22. The number of carbonyl (C=O) groups excluding carboxylic acids is 2. The number of hydrogen-bond donors (Lipinski definition) is 3. The summed E-state index contributed by atoms with van der Waals surface area (Å²) in [5.74, 6) is -1.18. The van der Waals surface area contributed by atoms with E-state index in [0.29, 0.717) is 29.8 Å². The van der Waals surface area contributed by atoms with Gasteiger partial charge < -0.3 is 19.9 Å². The minimum Gasteiger partial charge on any atom is -0.504 e. The molecule has 3 N–H and O–H groups in total. The maximum Gasteiger partial charge on any atom is 0.251 e. The molecule has 2 aliphatic heterocycles. The Labute approximate surface area is 172 Å². The fourth-order valence-electron chi connectivity index (χ4n) is 5.22. The quantitative estimate of drug-likeness (QED) is 0.458. The summed E-state index contributed by atoms with van der Waals surface area (Å²) in [6.45, 7) is 0.468. The third-order valence-corrected chi connectivity index (χ3v) is 6.51. The number of benzene rings is 2. The van der Waals surface area contributed by atoms with Crippen molar-refractivity contribution in [3.63, 3.8) is 0 Å². The largest absolute Gasteiger partial charge is 0.504 e. The summed E-state index contributed by atoms with van der Waals surface area (Å²) >= 11 is 0. The first-order chi connectivity index (χ1) is 14.4. The summed E-state index contributed by atoms with van der Waals surface area (Å²) < 4.78 is 5.46. The highest BCUT2D eigenvalue weighted by Gasteiger charge is 2.70. The number of aromatic hydroxyl groups is 2. The maximum absolute atomic E-state index is 14.0. The Kier molecular flexibility index (Phi) is 3.82. The van der Waals surface area contributed by atoms with Gasteiger partial charge in [-0.1, -0.05) is 24.3 Å². The Bertz CT molecular complexity index is 1170. The zero-order chi connectivity index (χ0) is 21.1. The zero-order valence-corrected chi connectivity index (χ0v) is 16.3. The molecule has 2 atom stereocenters. The van der Waals surface area contributed by atoms with Gasteiger partial charge >= 0.3 is 0 Å². The molecule has 0 radical (unpaired) electrons. The van der Waals surface area contributed by atoms with Crippen molar-refractivity contribution in [3.8, 4) is 11.5 Å². The summed E-state index contributed by atoms with van der Waals surface area (Å²) in [5, 5.41) is 23.1. The lowest BCUT2D eigenvalue weighted by Gasteiger charge is -2.43. The number of phenolic OH excluding ortho intramolecular Hbond substituents is 2. The number of hydrogen-bond acceptors (Lipinski definition) is 6. The first-order valence-corrected chi connectivity index (χ1v) is 9.66. The van der Waals surface area contributed by atoms with E-state index in [1.54, 1.807) is 18.2 Å². The summed E-state index contributed by atoms with van der Waals surface area (Å²) in [6, 6.07) is 14.8. The van der Waals surface area contributed by atoms with Gasteiger partial charge in [-0.25, -0.2) is 0 Å². The van der Waals surface area contributed by atoms with Crippen molar-refractivity contribution in [2.75, 3.05) is 18.9 Å². The summed E-state index contributed by atoms with van der Waals surface area (Å²) in [5.41, 5.74) is -0.924. The molecule has 1 amide bonds. The normalized spacial score (nSPS) is 25.4. The van der Waals surface area contributed by atoms with Gasteiger partial charge in [0.2, 0.25) is 5.78 Å². The van der Waals surface area contributed by atoms with E-state index in [-0.39, 0.29) is 28.9 Å².